The number of rotatable bonds is 3. The molecule has 1 unspecified atom stereocenters. The average molecular weight is 249 g/mol. The predicted octanol–water partition coefficient (Wildman–Crippen LogP) is 3.17. The molecule has 0 amide bonds. The first-order chi connectivity index (χ1) is 8.20. The highest BCUT2D eigenvalue weighted by Gasteiger charge is 2.16. The van der Waals surface area contributed by atoms with Gasteiger partial charge in [-0.3, -0.25) is 0 Å². The fourth-order valence-corrected chi connectivity index (χ4v) is 1.93. The van der Waals surface area contributed by atoms with Gasteiger partial charge in [0.15, 0.2) is 5.82 Å². The second kappa shape index (κ2) is 5.25. The second-order valence-corrected chi connectivity index (χ2v) is 4.10. The number of aromatic nitrogens is 2. The van der Waals surface area contributed by atoms with Crippen LogP contribution < -0.4 is 0 Å². The molecule has 0 bridgehead atoms. The minimum atomic E-state index is -0.284. The highest BCUT2D eigenvalue weighted by atomic mass is 35.5. The minimum absolute atomic E-state index is 0.284. The van der Waals surface area contributed by atoms with Gasteiger partial charge >= 0.3 is 0 Å². The summed E-state index contributed by atoms with van der Waals surface area (Å²) < 4.78 is 5.45. The van der Waals surface area contributed by atoms with Crippen molar-refractivity contribution in [1.82, 2.24) is 9.97 Å². The highest BCUT2D eigenvalue weighted by Crippen LogP contribution is 2.23. The van der Waals surface area contributed by atoms with Crippen LogP contribution >= 0.6 is 11.6 Å². The van der Waals surface area contributed by atoms with Crippen molar-refractivity contribution in [3.05, 3.63) is 58.6 Å². The number of benzene rings is 1. The van der Waals surface area contributed by atoms with Gasteiger partial charge in [-0.05, 0) is 18.6 Å². The summed E-state index contributed by atoms with van der Waals surface area (Å²) in [5, 5.41) is 0.436. The molecule has 0 aliphatic rings. The summed E-state index contributed by atoms with van der Waals surface area (Å²) in [6, 6.07) is 11.6. The SMILES string of the molecule is COC(c1ccccc1)c1nc(C)cc(Cl)n1. The second-order valence-electron chi connectivity index (χ2n) is 3.72. The molecule has 1 heterocycles. The Morgan fingerprint density at radius 2 is 1.88 bits per heavy atom. The lowest BCUT2D eigenvalue weighted by molar-refractivity contribution is 0.129. The summed E-state index contributed by atoms with van der Waals surface area (Å²) in [7, 11) is 1.64. The molecule has 0 saturated heterocycles. The van der Waals surface area contributed by atoms with E-state index in [0.717, 1.165) is 11.3 Å². The van der Waals surface area contributed by atoms with E-state index in [1.54, 1.807) is 13.2 Å². The molecule has 2 rings (SSSR count). The van der Waals surface area contributed by atoms with E-state index in [1.165, 1.54) is 0 Å². The lowest BCUT2D eigenvalue weighted by atomic mass is 10.1. The zero-order valence-electron chi connectivity index (χ0n) is 9.72. The molecule has 0 fully saturated rings. The van der Waals surface area contributed by atoms with Crippen molar-refractivity contribution in [1.29, 1.82) is 0 Å². The standard InChI is InChI=1S/C13H13ClN2O/c1-9-8-11(14)16-13(15-9)12(17-2)10-6-4-3-5-7-10/h3-8,12H,1-2H3. The van der Waals surface area contributed by atoms with Crippen LogP contribution in [0.3, 0.4) is 0 Å². The quantitative estimate of drug-likeness (QED) is 0.783. The molecule has 1 aromatic heterocycles. The molecule has 3 nitrogen and oxygen atoms in total. The summed E-state index contributed by atoms with van der Waals surface area (Å²) in [6.07, 6.45) is -0.284. The summed E-state index contributed by atoms with van der Waals surface area (Å²) in [5.41, 5.74) is 1.84. The van der Waals surface area contributed by atoms with Crippen LogP contribution in [0.25, 0.3) is 0 Å². The molecule has 17 heavy (non-hydrogen) atoms. The van der Waals surface area contributed by atoms with Gasteiger partial charge in [0.2, 0.25) is 0 Å². The molecule has 0 aliphatic carbocycles. The van der Waals surface area contributed by atoms with Crippen molar-refractivity contribution < 1.29 is 4.74 Å². The lowest BCUT2D eigenvalue weighted by Crippen LogP contribution is -2.09. The van der Waals surface area contributed by atoms with Crippen molar-refractivity contribution in [3.63, 3.8) is 0 Å². The van der Waals surface area contributed by atoms with Gasteiger partial charge in [0.05, 0.1) is 0 Å². The molecule has 4 heteroatoms. The van der Waals surface area contributed by atoms with Gasteiger partial charge in [-0.15, -0.1) is 0 Å². The minimum Gasteiger partial charge on any atom is -0.369 e. The largest absolute Gasteiger partial charge is 0.369 e. The average Bonchev–Trinajstić information content (AvgIpc) is 2.30. The Balaban J connectivity index is 2.42. The predicted molar refractivity (Wildman–Crippen MR) is 67.1 cm³/mol. The van der Waals surface area contributed by atoms with Crippen molar-refractivity contribution >= 4 is 11.6 Å². The van der Waals surface area contributed by atoms with E-state index in [1.807, 2.05) is 37.3 Å². The molecule has 1 atom stereocenters. The highest BCUT2D eigenvalue weighted by molar-refractivity contribution is 6.29. The van der Waals surface area contributed by atoms with Gasteiger partial charge in [-0.1, -0.05) is 41.9 Å². The van der Waals surface area contributed by atoms with Crippen LogP contribution in [0.1, 0.15) is 23.2 Å². The van der Waals surface area contributed by atoms with Crippen LogP contribution in [-0.2, 0) is 4.74 Å². The molecule has 0 N–H and O–H groups in total. The van der Waals surface area contributed by atoms with Crippen molar-refractivity contribution in [3.8, 4) is 0 Å². The third kappa shape index (κ3) is 2.81. The first-order valence-corrected chi connectivity index (χ1v) is 5.67. The molecular formula is C13H13ClN2O. The molecule has 0 radical (unpaired) electrons. The van der Waals surface area contributed by atoms with Gasteiger partial charge in [0, 0.05) is 12.8 Å². The van der Waals surface area contributed by atoms with E-state index in [2.05, 4.69) is 9.97 Å². The number of nitrogens with zero attached hydrogens (tertiary/aromatic N) is 2. The topological polar surface area (TPSA) is 35.0 Å². The van der Waals surface area contributed by atoms with Gasteiger partial charge < -0.3 is 4.74 Å². The number of ether oxygens (including phenoxy) is 1. The van der Waals surface area contributed by atoms with Crippen LogP contribution in [0, 0.1) is 6.92 Å². The van der Waals surface area contributed by atoms with Crippen molar-refractivity contribution in [2.24, 2.45) is 0 Å². The van der Waals surface area contributed by atoms with Crippen molar-refractivity contribution in [2.75, 3.05) is 7.11 Å². The van der Waals surface area contributed by atoms with E-state index in [0.29, 0.717) is 11.0 Å². The maximum absolute atomic E-state index is 5.93. The summed E-state index contributed by atoms with van der Waals surface area (Å²) in [5.74, 6) is 0.587. The van der Waals surface area contributed by atoms with Crippen LogP contribution in [0.5, 0.6) is 0 Å². The van der Waals surface area contributed by atoms with E-state index >= 15 is 0 Å². The van der Waals surface area contributed by atoms with Gasteiger partial charge in [0.25, 0.3) is 0 Å². The Labute approximate surface area is 105 Å². The Kier molecular flexibility index (Phi) is 3.71. The Morgan fingerprint density at radius 1 is 1.18 bits per heavy atom. The smallest absolute Gasteiger partial charge is 0.163 e. The summed E-state index contributed by atoms with van der Waals surface area (Å²) in [4.78, 5) is 8.57. The van der Waals surface area contributed by atoms with E-state index < -0.39 is 0 Å². The number of methoxy groups -OCH3 is 1. The van der Waals surface area contributed by atoms with Gasteiger partial charge in [-0.25, -0.2) is 9.97 Å². The molecule has 0 aliphatic heterocycles. The fraction of sp³-hybridized carbons (Fsp3) is 0.231. The van der Waals surface area contributed by atoms with Gasteiger partial charge in [-0.2, -0.15) is 0 Å². The van der Waals surface area contributed by atoms with E-state index in [9.17, 15) is 0 Å². The lowest BCUT2D eigenvalue weighted by Gasteiger charge is -2.14. The van der Waals surface area contributed by atoms with Crippen LogP contribution in [-0.4, -0.2) is 17.1 Å². The van der Waals surface area contributed by atoms with Crippen LogP contribution in [0.2, 0.25) is 5.15 Å². The molecule has 88 valence electrons. The summed E-state index contributed by atoms with van der Waals surface area (Å²) in [6.45, 7) is 1.88. The maximum atomic E-state index is 5.93. The zero-order valence-corrected chi connectivity index (χ0v) is 10.5. The molecule has 0 saturated carbocycles. The summed E-state index contributed by atoms with van der Waals surface area (Å²) >= 11 is 5.93. The Bertz CT molecular complexity index is 482. The third-order valence-electron chi connectivity index (χ3n) is 2.41. The van der Waals surface area contributed by atoms with E-state index in [4.69, 9.17) is 16.3 Å². The first kappa shape index (κ1) is 12.0. The fourth-order valence-electron chi connectivity index (χ4n) is 1.69. The molecular weight excluding hydrogens is 236 g/mol. The number of hydrogen-bond acceptors (Lipinski definition) is 3. The monoisotopic (exact) mass is 248 g/mol. The third-order valence-corrected chi connectivity index (χ3v) is 2.61. The van der Waals surface area contributed by atoms with Crippen LogP contribution in [0.15, 0.2) is 36.4 Å². The molecule has 0 spiro atoms. The van der Waals surface area contributed by atoms with Gasteiger partial charge in [0.1, 0.15) is 11.3 Å². The molecule has 1 aromatic carbocycles. The molecule has 2 aromatic rings. The normalized spacial score (nSPS) is 12.4. The maximum Gasteiger partial charge on any atom is 0.163 e. The zero-order chi connectivity index (χ0) is 12.3. The Hall–Kier alpha value is -1.45. The number of hydrogen-bond donors (Lipinski definition) is 0. The number of halogens is 1. The van der Waals surface area contributed by atoms with Crippen LogP contribution in [0.4, 0.5) is 0 Å². The van der Waals surface area contributed by atoms with Crippen molar-refractivity contribution in [2.45, 2.75) is 13.0 Å². The first-order valence-electron chi connectivity index (χ1n) is 5.29. The Morgan fingerprint density at radius 3 is 2.47 bits per heavy atom. The van der Waals surface area contributed by atoms with E-state index in [-0.39, 0.29) is 6.10 Å². The number of aryl methyl sites for hydroxylation is 1.